The molecule has 0 bridgehead atoms. The van der Waals surface area contributed by atoms with E-state index in [1.165, 1.54) is 38.5 Å². The molecular formula is C15H27FN2. The van der Waals surface area contributed by atoms with Gasteiger partial charge in [0.15, 0.2) is 0 Å². The van der Waals surface area contributed by atoms with E-state index in [1.54, 1.807) is 0 Å². The molecule has 1 N–H and O–H groups in total. The lowest BCUT2D eigenvalue weighted by atomic mass is 9.83. The molecule has 2 aliphatic carbocycles. The first-order valence-electron chi connectivity index (χ1n) is 7.75. The Kier molecular flexibility index (Phi) is 3.39. The van der Waals surface area contributed by atoms with Gasteiger partial charge in [0.2, 0.25) is 0 Å². The Hall–Kier alpha value is -0.150. The summed E-state index contributed by atoms with van der Waals surface area (Å²) >= 11 is 0. The van der Waals surface area contributed by atoms with Crippen molar-refractivity contribution in [3.63, 3.8) is 0 Å². The average molecular weight is 254 g/mol. The maximum absolute atomic E-state index is 12.5. The van der Waals surface area contributed by atoms with Crippen molar-refractivity contribution in [2.75, 3.05) is 26.3 Å². The molecule has 3 aliphatic rings. The summed E-state index contributed by atoms with van der Waals surface area (Å²) in [5.74, 6) is 0.865. The standard InChI is InChI=1S/C15H27FN2/c1-14(13-5-6-13)12-18(10-4-9-16)15(11-17-14)7-2-3-8-15/h13,17H,2-12H2,1H3. The highest BCUT2D eigenvalue weighted by atomic mass is 19.1. The second-order valence-corrected chi connectivity index (χ2v) is 6.94. The molecule has 0 aromatic carbocycles. The SMILES string of the molecule is CC1(C2CC2)CN(CCCF)C2(CCCC2)CN1. The molecule has 2 saturated carbocycles. The molecule has 1 saturated heterocycles. The zero-order chi connectivity index (χ0) is 12.6. The molecule has 1 unspecified atom stereocenters. The van der Waals surface area contributed by atoms with Gasteiger partial charge in [-0.25, -0.2) is 0 Å². The minimum atomic E-state index is -0.167. The van der Waals surface area contributed by atoms with Crippen LogP contribution in [0.5, 0.6) is 0 Å². The van der Waals surface area contributed by atoms with E-state index in [0.717, 1.165) is 25.6 Å². The lowest BCUT2D eigenvalue weighted by molar-refractivity contribution is 0.00400. The first-order valence-corrected chi connectivity index (χ1v) is 7.75. The van der Waals surface area contributed by atoms with Gasteiger partial charge in [-0.05, 0) is 44.9 Å². The van der Waals surface area contributed by atoms with Crippen molar-refractivity contribution in [3.05, 3.63) is 0 Å². The van der Waals surface area contributed by atoms with Crippen molar-refractivity contribution in [2.24, 2.45) is 5.92 Å². The predicted molar refractivity (Wildman–Crippen MR) is 72.5 cm³/mol. The third kappa shape index (κ3) is 2.20. The van der Waals surface area contributed by atoms with Gasteiger partial charge in [0.25, 0.3) is 0 Å². The van der Waals surface area contributed by atoms with E-state index in [2.05, 4.69) is 17.1 Å². The zero-order valence-electron chi connectivity index (χ0n) is 11.7. The van der Waals surface area contributed by atoms with Gasteiger partial charge in [-0.15, -0.1) is 0 Å². The topological polar surface area (TPSA) is 15.3 Å². The summed E-state index contributed by atoms with van der Waals surface area (Å²) in [5, 5.41) is 3.86. The number of alkyl halides is 1. The number of rotatable bonds is 4. The maximum atomic E-state index is 12.5. The number of halogens is 1. The molecule has 104 valence electrons. The Bertz CT molecular complexity index is 297. The van der Waals surface area contributed by atoms with E-state index in [0.29, 0.717) is 17.5 Å². The van der Waals surface area contributed by atoms with Crippen LogP contribution in [-0.2, 0) is 0 Å². The molecule has 18 heavy (non-hydrogen) atoms. The molecule has 3 rings (SSSR count). The third-order valence-corrected chi connectivity index (χ3v) is 5.59. The molecule has 0 aromatic rings. The summed E-state index contributed by atoms with van der Waals surface area (Å²) in [7, 11) is 0. The van der Waals surface area contributed by atoms with Crippen LogP contribution >= 0.6 is 0 Å². The summed E-state index contributed by atoms with van der Waals surface area (Å²) in [6.45, 7) is 5.44. The lowest BCUT2D eigenvalue weighted by Gasteiger charge is -2.53. The van der Waals surface area contributed by atoms with E-state index in [1.807, 2.05) is 0 Å². The van der Waals surface area contributed by atoms with Crippen LogP contribution in [0.25, 0.3) is 0 Å². The van der Waals surface area contributed by atoms with Gasteiger partial charge in [-0.1, -0.05) is 12.8 Å². The largest absolute Gasteiger partial charge is 0.308 e. The normalized spacial score (nSPS) is 36.3. The summed E-state index contributed by atoms with van der Waals surface area (Å²) in [6, 6.07) is 0. The quantitative estimate of drug-likeness (QED) is 0.830. The summed E-state index contributed by atoms with van der Waals surface area (Å²) < 4.78 is 12.5. The first kappa shape index (κ1) is 12.9. The summed E-state index contributed by atoms with van der Waals surface area (Å²) in [5.41, 5.74) is 0.660. The highest BCUT2D eigenvalue weighted by Crippen LogP contribution is 2.45. The molecule has 3 fully saturated rings. The number of piperazine rings is 1. The highest BCUT2D eigenvalue weighted by molar-refractivity contribution is 5.10. The molecule has 2 nitrogen and oxygen atoms in total. The van der Waals surface area contributed by atoms with Crippen LogP contribution in [0.4, 0.5) is 4.39 Å². The van der Waals surface area contributed by atoms with Crippen LogP contribution in [0.3, 0.4) is 0 Å². The second-order valence-electron chi connectivity index (χ2n) is 6.94. The van der Waals surface area contributed by atoms with E-state index >= 15 is 0 Å². The molecule has 0 amide bonds. The fraction of sp³-hybridized carbons (Fsp3) is 1.00. The van der Waals surface area contributed by atoms with Gasteiger partial charge in [0.1, 0.15) is 0 Å². The fourth-order valence-corrected chi connectivity index (χ4v) is 4.19. The number of hydrogen-bond acceptors (Lipinski definition) is 2. The van der Waals surface area contributed by atoms with Crippen LogP contribution in [0.2, 0.25) is 0 Å². The Labute approximate surface area is 110 Å². The maximum Gasteiger partial charge on any atom is 0.0906 e. The predicted octanol–water partition coefficient (Wildman–Crippen LogP) is 2.73. The molecule has 1 atom stereocenters. The van der Waals surface area contributed by atoms with Gasteiger partial charge < -0.3 is 5.32 Å². The zero-order valence-corrected chi connectivity index (χ0v) is 11.7. The van der Waals surface area contributed by atoms with Crippen LogP contribution in [-0.4, -0.2) is 42.3 Å². The Morgan fingerprint density at radius 3 is 2.61 bits per heavy atom. The van der Waals surface area contributed by atoms with E-state index < -0.39 is 0 Å². The summed E-state index contributed by atoms with van der Waals surface area (Å²) in [6.07, 6.45) is 8.81. The van der Waals surface area contributed by atoms with Gasteiger partial charge in [0.05, 0.1) is 6.67 Å². The molecule has 0 aromatic heterocycles. The minimum absolute atomic E-state index is 0.167. The van der Waals surface area contributed by atoms with Crippen molar-refractivity contribution in [3.8, 4) is 0 Å². The monoisotopic (exact) mass is 254 g/mol. The molecule has 0 radical (unpaired) electrons. The Morgan fingerprint density at radius 2 is 2.00 bits per heavy atom. The van der Waals surface area contributed by atoms with E-state index in [9.17, 15) is 4.39 Å². The van der Waals surface area contributed by atoms with Crippen molar-refractivity contribution >= 4 is 0 Å². The second kappa shape index (κ2) is 4.75. The smallest absolute Gasteiger partial charge is 0.0906 e. The van der Waals surface area contributed by atoms with Gasteiger partial charge in [-0.3, -0.25) is 9.29 Å². The van der Waals surface area contributed by atoms with Crippen LogP contribution < -0.4 is 5.32 Å². The first-order chi connectivity index (χ1) is 8.69. The molecule has 1 heterocycles. The van der Waals surface area contributed by atoms with E-state index in [-0.39, 0.29) is 6.67 Å². The van der Waals surface area contributed by atoms with Crippen molar-refractivity contribution in [1.82, 2.24) is 10.2 Å². The third-order valence-electron chi connectivity index (χ3n) is 5.59. The molecule has 1 aliphatic heterocycles. The molecule has 3 heteroatoms. The highest BCUT2D eigenvalue weighted by Gasteiger charge is 2.51. The minimum Gasteiger partial charge on any atom is -0.308 e. The van der Waals surface area contributed by atoms with Crippen LogP contribution in [0, 0.1) is 5.92 Å². The van der Waals surface area contributed by atoms with Crippen LogP contribution in [0.15, 0.2) is 0 Å². The van der Waals surface area contributed by atoms with Crippen molar-refractivity contribution in [1.29, 1.82) is 0 Å². The number of nitrogens with one attached hydrogen (secondary N) is 1. The van der Waals surface area contributed by atoms with Crippen molar-refractivity contribution < 1.29 is 4.39 Å². The van der Waals surface area contributed by atoms with Crippen LogP contribution in [0.1, 0.15) is 51.9 Å². The Balaban J connectivity index is 1.72. The molecule has 1 spiro atoms. The van der Waals surface area contributed by atoms with Gasteiger partial charge in [0, 0.05) is 30.7 Å². The van der Waals surface area contributed by atoms with Gasteiger partial charge >= 0.3 is 0 Å². The molecular weight excluding hydrogens is 227 g/mol. The lowest BCUT2D eigenvalue weighted by Crippen LogP contribution is -2.69. The Morgan fingerprint density at radius 1 is 1.28 bits per heavy atom. The average Bonchev–Trinajstić information content (AvgIpc) is 3.13. The number of nitrogens with zero attached hydrogens (tertiary/aromatic N) is 1. The number of hydrogen-bond donors (Lipinski definition) is 1. The fourth-order valence-electron chi connectivity index (χ4n) is 4.19. The van der Waals surface area contributed by atoms with E-state index in [4.69, 9.17) is 0 Å². The van der Waals surface area contributed by atoms with Gasteiger partial charge in [-0.2, -0.15) is 0 Å². The van der Waals surface area contributed by atoms with Crippen molar-refractivity contribution in [2.45, 2.75) is 62.9 Å². The summed E-state index contributed by atoms with van der Waals surface area (Å²) in [4.78, 5) is 2.65.